The maximum atomic E-state index is 13.5. The van der Waals surface area contributed by atoms with Gasteiger partial charge in [-0.2, -0.15) is 0 Å². The number of rotatable bonds is 3. The first-order chi connectivity index (χ1) is 8.50. The van der Waals surface area contributed by atoms with Crippen LogP contribution < -0.4 is 5.73 Å². The minimum Gasteiger partial charge on any atom is -0.323 e. The van der Waals surface area contributed by atoms with Crippen LogP contribution in [0.15, 0.2) is 23.6 Å². The van der Waals surface area contributed by atoms with E-state index in [2.05, 4.69) is 0 Å². The maximum Gasteiger partial charge on any atom is 0.129 e. The summed E-state index contributed by atoms with van der Waals surface area (Å²) in [7, 11) is 0. The average Bonchev–Trinajstić information content (AvgIpc) is 2.65. The predicted octanol–water partition coefficient (Wildman–Crippen LogP) is 4.23. The summed E-state index contributed by atoms with van der Waals surface area (Å²) in [5.41, 5.74) is 6.91. The fourth-order valence-corrected chi connectivity index (χ4v) is 3.08. The van der Waals surface area contributed by atoms with Crippen molar-refractivity contribution in [3.8, 4) is 0 Å². The van der Waals surface area contributed by atoms with Gasteiger partial charge < -0.3 is 5.73 Å². The molecular weight excluding hydrogens is 276 g/mol. The van der Waals surface area contributed by atoms with Crippen molar-refractivity contribution in [2.24, 2.45) is 5.73 Å². The number of halogens is 3. The van der Waals surface area contributed by atoms with Crippen LogP contribution in [0, 0.1) is 18.6 Å². The van der Waals surface area contributed by atoms with Crippen LogP contribution in [-0.2, 0) is 6.42 Å². The third kappa shape index (κ3) is 2.55. The summed E-state index contributed by atoms with van der Waals surface area (Å²) in [4.78, 5) is 0.761. The quantitative estimate of drug-likeness (QED) is 0.898. The standard InChI is InChI=1S/C13H12ClF2NS/c1-7-6-18-13(12(7)14)11(17)5-8-9(15)3-2-4-10(8)16/h2-4,6,11H,5,17H2,1H3. The highest BCUT2D eigenvalue weighted by molar-refractivity contribution is 7.10. The van der Waals surface area contributed by atoms with Crippen molar-refractivity contribution in [1.29, 1.82) is 0 Å². The van der Waals surface area contributed by atoms with Crippen LogP contribution in [0.2, 0.25) is 5.02 Å². The molecule has 1 aromatic heterocycles. The Morgan fingerprint density at radius 3 is 2.44 bits per heavy atom. The van der Waals surface area contributed by atoms with E-state index in [-0.39, 0.29) is 12.0 Å². The Hall–Kier alpha value is -0.970. The largest absolute Gasteiger partial charge is 0.323 e. The number of thiophene rings is 1. The molecule has 1 heterocycles. The molecular formula is C13H12ClF2NS. The highest BCUT2D eigenvalue weighted by Crippen LogP contribution is 2.33. The summed E-state index contributed by atoms with van der Waals surface area (Å²) in [5, 5.41) is 2.47. The highest BCUT2D eigenvalue weighted by Gasteiger charge is 2.18. The number of aryl methyl sites for hydroxylation is 1. The van der Waals surface area contributed by atoms with Gasteiger partial charge in [-0.3, -0.25) is 0 Å². The number of nitrogens with two attached hydrogens (primary N) is 1. The Bertz CT molecular complexity index is 548. The van der Waals surface area contributed by atoms with Crippen LogP contribution in [0.4, 0.5) is 8.78 Å². The van der Waals surface area contributed by atoms with Gasteiger partial charge in [0, 0.05) is 16.5 Å². The predicted molar refractivity (Wildman–Crippen MR) is 71.1 cm³/mol. The highest BCUT2D eigenvalue weighted by atomic mass is 35.5. The Balaban J connectivity index is 2.27. The fourth-order valence-electron chi connectivity index (χ4n) is 1.74. The average molecular weight is 288 g/mol. The van der Waals surface area contributed by atoms with Crippen molar-refractivity contribution in [1.82, 2.24) is 0 Å². The van der Waals surface area contributed by atoms with Gasteiger partial charge in [-0.1, -0.05) is 17.7 Å². The maximum absolute atomic E-state index is 13.5. The summed E-state index contributed by atoms with van der Waals surface area (Å²) in [5.74, 6) is -1.15. The number of benzene rings is 1. The molecule has 1 unspecified atom stereocenters. The first-order valence-corrected chi connectivity index (χ1v) is 6.68. The molecule has 5 heteroatoms. The topological polar surface area (TPSA) is 26.0 Å². The third-order valence-electron chi connectivity index (χ3n) is 2.75. The lowest BCUT2D eigenvalue weighted by Crippen LogP contribution is -2.14. The molecule has 1 nitrogen and oxygen atoms in total. The van der Waals surface area contributed by atoms with Gasteiger partial charge in [0.1, 0.15) is 11.6 Å². The molecule has 2 rings (SSSR count). The van der Waals surface area contributed by atoms with E-state index in [9.17, 15) is 8.78 Å². The van der Waals surface area contributed by atoms with Crippen molar-refractivity contribution in [3.05, 3.63) is 56.2 Å². The zero-order chi connectivity index (χ0) is 13.3. The smallest absolute Gasteiger partial charge is 0.129 e. The van der Waals surface area contributed by atoms with Gasteiger partial charge in [0.2, 0.25) is 0 Å². The lowest BCUT2D eigenvalue weighted by atomic mass is 10.0. The number of hydrogen-bond donors (Lipinski definition) is 1. The Morgan fingerprint density at radius 2 is 1.94 bits per heavy atom. The van der Waals surface area contributed by atoms with Gasteiger partial charge in [-0.15, -0.1) is 11.3 Å². The molecule has 1 atom stereocenters. The van der Waals surface area contributed by atoms with Crippen LogP contribution >= 0.6 is 22.9 Å². The van der Waals surface area contributed by atoms with E-state index < -0.39 is 17.7 Å². The van der Waals surface area contributed by atoms with Crippen LogP contribution in [0.25, 0.3) is 0 Å². The molecule has 0 radical (unpaired) electrons. The molecule has 0 aliphatic rings. The lowest BCUT2D eigenvalue weighted by Gasteiger charge is -2.12. The molecule has 1 aromatic carbocycles. The van der Waals surface area contributed by atoms with Crippen molar-refractivity contribution in [3.63, 3.8) is 0 Å². The normalized spacial score (nSPS) is 12.7. The van der Waals surface area contributed by atoms with Gasteiger partial charge in [0.25, 0.3) is 0 Å². The Kier molecular flexibility index (Phi) is 4.00. The minimum absolute atomic E-state index is 0.00659. The Morgan fingerprint density at radius 1 is 1.33 bits per heavy atom. The summed E-state index contributed by atoms with van der Waals surface area (Å²) in [6.45, 7) is 1.87. The molecule has 0 bridgehead atoms. The SMILES string of the molecule is Cc1csc(C(N)Cc2c(F)cccc2F)c1Cl. The van der Waals surface area contributed by atoms with E-state index in [1.807, 2.05) is 12.3 Å². The van der Waals surface area contributed by atoms with E-state index in [1.54, 1.807) is 0 Å². The van der Waals surface area contributed by atoms with Crippen molar-refractivity contribution in [2.45, 2.75) is 19.4 Å². The fraction of sp³-hybridized carbons (Fsp3) is 0.231. The second-order valence-electron chi connectivity index (χ2n) is 4.11. The zero-order valence-electron chi connectivity index (χ0n) is 9.71. The first-order valence-electron chi connectivity index (χ1n) is 5.42. The van der Waals surface area contributed by atoms with Crippen molar-refractivity contribution < 1.29 is 8.78 Å². The van der Waals surface area contributed by atoms with Crippen LogP contribution in [0.3, 0.4) is 0 Å². The third-order valence-corrected chi connectivity index (χ3v) is 4.59. The molecule has 0 saturated heterocycles. The summed E-state index contributed by atoms with van der Waals surface area (Å²) < 4.78 is 27.0. The van der Waals surface area contributed by atoms with E-state index in [0.29, 0.717) is 5.02 Å². The Labute approximate surface area is 113 Å². The first kappa shape index (κ1) is 13.5. The van der Waals surface area contributed by atoms with Crippen LogP contribution in [-0.4, -0.2) is 0 Å². The molecule has 96 valence electrons. The van der Waals surface area contributed by atoms with E-state index >= 15 is 0 Å². The molecule has 0 amide bonds. The molecule has 18 heavy (non-hydrogen) atoms. The summed E-state index contributed by atoms with van der Waals surface area (Å²) in [6, 6.07) is 3.29. The van der Waals surface area contributed by atoms with Gasteiger partial charge >= 0.3 is 0 Å². The lowest BCUT2D eigenvalue weighted by molar-refractivity contribution is 0.541. The van der Waals surface area contributed by atoms with Crippen LogP contribution in [0.5, 0.6) is 0 Å². The van der Waals surface area contributed by atoms with E-state index in [4.69, 9.17) is 17.3 Å². The minimum atomic E-state index is -0.574. The summed E-state index contributed by atoms with van der Waals surface area (Å²) >= 11 is 7.51. The van der Waals surface area contributed by atoms with Gasteiger partial charge in [-0.05, 0) is 36.4 Å². The molecule has 2 N–H and O–H groups in total. The molecule has 0 saturated carbocycles. The van der Waals surface area contributed by atoms with Crippen molar-refractivity contribution in [2.75, 3.05) is 0 Å². The monoisotopic (exact) mass is 287 g/mol. The van der Waals surface area contributed by atoms with Gasteiger partial charge in [-0.25, -0.2) is 8.78 Å². The molecule has 0 spiro atoms. The van der Waals surface area contributed by atoms with Gasteiger partial charge in [0.15, 0.2) is 0 Å². The second-order valence-corrected chi connectivity index (χ2v) is 5.40. The molecule has 0 fully saturated rings. The van der Waals surface area contributed by atoms with E-state index in [0.717, 1.165) is 10.4 Å². The number of hydrogen-bond acceptors (Lipinski definition) is 2. The summed E-state index contributed by atoms with van der Waals surface area (Å²) in [6.07, 6.45) is 0.0954. The second kappa shape index (κ2) is 5.34. The molecule has 0 aliphatic heterocycles. The molecule has 2 aromatic rings. The van der Waals surface area contributed by atoms with Crippen LogP contribution in [0.1, 0.15) is 22.0 Å². The van der Waals surface area contributed by atoms with E-state index in [1.165, 1.54) is 29.5 Å². The molecule has 0 aliphatic carbocycles. The zero-order valence-corrected chi connectivity index (χ0v) is 11.3. The van der Waals surface area contributed by atoms with Crippen molar-refractivity contribution >= 4 is 22.9 Å². The van der Waals surface area contributed by atoms with Gasteiger partial charge in [0.05, 0.1) is 5.02 Å².